The maximum absolute atomic E-state index is 12.8. The van der Waals surface area contributed by atoms with Gasteiger partial charge in [-0.3, -0.25) is 4.79 Å². The first-order chi connectivity index (χ1) is 33.6. The summed E-state index contributed by atoms with van der Waals surface area (Å²) in [6, 6.07) is 16.3. The van der Waals surface area contributed by atoms with Crippen LogP contribution in [0.25, 0.3) is 11.1 Å². The largest absolute Gasteiger partial charge is 0.462 e. The van der Waals surface area contributed by atoms with Gasteiger partial charge in [0.2, 0.25) is 0 Å². The first-order valence-corrected chi connectivity index (χ1v) is 27.7. The molecule has 0 radical (unpaired) electrons. The summed E-state index contributed by atoms with van der Waals surface area (Å²) < 4.78 is 37.5. The summed E-state index contributed by atoms with van der Waals surface area (Å²) in [5.74, 6) is -0.0376. The summed E-state index contributed by atoms with van der Waals surface area (Å²) in [5, 5.41) is 14.1. The number of aliphatic hydroxyl groups excluding tert-OH is 1. The number of hydrogen-bond donors (Lipinski definition) is 3. The first kappa shape index (κ1) is 62.5. The van der Waals surface area contributed by atoms with Crippen LogP contribution >= 0.6 is 8.53 Å². The highest BCUT2D eigenvalue weighted by Crippen LogP contribution is 2.46. The number of alkyl carbamates (subject to hydrolysis) is 2. The third-order valence-electron chi connectivity index (χ3n) is 11.7. The van der Waals surface area contributed by atoms with E-state index >= 15 is 0 Å². The lowest BCUT2D eigenvalue weighted by Crippen LogP contribution is -2.44. The zero-order valence-electron chi connectivity index (χ0n) is 44.8. The Labute approximate surface area is 424 Å². The lowest BCUT2D eigenvalue weighted by Gasteiger charge is -2.36. The minimum Gasteiger partial charge on any atom is -0.462 e. The Morgan fingerprint density at radius 2 is 1.31 bits per heavy atom. The molecule has 0 saturated heterocycles. The molecule has 0 spiro atoms. The number of nitrogens with zero attached hydrogens (tertiary/aromatic N) is 1. The van der Waals surface area contributed by atoms with Gasteiger partial charge in [0.25, 0.3) is 8.53 Å². The molecule has 2 amide bonds. The molecule has 0 bridgehead atoms. The smallest absolute Gasteiger partial charge is 0.408 e. The number of esters is 1. The van der Waals surface area contributed by atoms with Crippen molar-refractivity contribution in [1.29, 1.82) is 0 Å². The Balaban J connectivity index is 0.000000652. The predicted octanol–water partition coefficient (Wildman–Crippen LogP) is 13.6. The molecule has 0 heterocycles. The topological polar surface area (TPSA) is 154 Å². The van der Waals surface area contributed by atoms with E-state index in [4.69, 9.17) is 33.1 Å². The molecule has 3 atom stereocenters. The minimum absolute atomic E-state index is 0.0669. The van der Waals surface area contributed by atoms with Crippen LogP contribution in [0, 0.1) is 0 Å². The van der Waals surface area contributed by atoms with Gasteiger partial charge in [0.15, 0.2) is 0 Å². The molecule has 1 aliphatic carbocycles. The van der Waals surface area contributed by atoms with E-state index in [-0.39, 0.29) is 56.4 Å². The summed E-state index contributed by atoms with van der Waals surface area (Å²) >= 11 is 0. The van der Waals surface area contributed by atoms with Crippen molar-refractivity contribution < 1.29 is 47.5 Å². The van der Waals surface area contributed by atoms with Gasteiger partial charge in [-0.2, -0.15) is 0 Å². The predicted molar refractivity (Wildman–Crippen MR) is 285 cm³/mol. The highest BCUT2D eigenvalue weighted by Gasteiger charge is 2.30. The lowest BCUT2D eigenvalue weighted by atomic mass is 9.98. The van der Waals surface area contributed by atoms with Crippen LogP contribution in [0.1, 0.15) is 189 Å². The Morgan fingerprint density at radius 3 is 1.86 bits per heavy atom. The molecule has 14 heteroatoms. The molecular formula is C56H94N3O10P. The van der Waals surface area contributed by atoms with E-state index in [9.17, 15) is 14.4 Å². The Hall–Kier alpha value is -3.58. The van der Waals surface area contributed by atoms with Crippen LogP contribution in [0.2, 0.25) is 0 Å². The highest BCUT2D eigenvalue weighted by molar-refractivity contribution is 7.44. The molecule has 1 aliphatic rings. The van der Waals surface area contributed by atoms with Gasteiger partial charge in [0.05, 0.1) is 39.1 Å². The van der Waals surface area contributed by atoms with Gasteiger partial charge in [0, 0.05) is 37.4 Å². The van der Waals surface area contributed by atoms with E-state index in [0.29, 0.717) is 32.7 Å². The second-order valence-corrected chi connectivity index (χ2v) is 21.2. The SMILES string of the molecule is C=CCOP(OC[C@@H](COCC[C@@H](CCCCCCC)OC(=O)CCCCCCCCCCC)NC(=O)OC(C)(C)C)N(C(C)C)C(C)C.O=C(NCCO)OCC1c2ccccc2-c2ccccc21. The fourth-order valence-electron chi connectivity index (χ4n) is 8.33. The number of benzene rings is 2. The van der Waals surface area contributed by atoms with Gasteiger partial charge in [-0.1, -0.05) is 146 Å². The Kier molecular flexibility index (Phi) is 33.2. The van der Waals surface area contributed by atoms with Gasteiger partial charge in [-0.15, -0.1) is 6.58 Å². The first-order valence-electron chi connectivity index (χ1n) is 26.6. The number of rotatable bonds is 36. The zero-order valence-corrected chi connectivity index (χ0v) is 45.7. The van der Waals surface area contributed by atoms with E-state index in [2.05, 4.69) is 87.7 Å². The van der Waals surface area contributed by atoms with Crippen LogP contribution in [0.15, 0.2) is 61.2 Å². The molecule has 0 saturated carbocycles. The number of carbonyl (C=O) groups excluding carboxylic acids is 3. The summed E-state index contributed by atoms with van der Waals surface area (Å²) in [6.45, 7) is 23.8. The third kappa shape index (κ3) is 26.7. The van der Waals surface area contributed by atoms with Crippen LogP contribution < -0.4 is 10.6 Å². The van der Waals surface area contributed by atoms with E-state index < -0.39 is 32.4 Å². The molecule has 2 aromatic rings. The van der Waals surface area contributed by atoms with Crippen molar-refractivity contribution in [2.24, 2.45) is 0 Å². The molecule has 13 nitrogen and oxygen atoms in total. The molecule has 0 fully saturated rings. The van der Waals surface area contributed by atoms with Crippen molar-refractivity contribution in [3.8, 4) is 11.1 Å². The average molecular weight is 1000 g/mol. The maximum Gasteiger partial charge on any atom is 0.408 e. The van der Waals surface area contributed by atoms with E-state index in [0.717, 1.165) is 32.1 Å². The molecule has 3 N–H and O–H groups in total. The molecule has 1 unspecified atom stereocenters. The normalized spacial score (nSPS) is 13.5. The van der Waals surface area contributed by atoms with Crippen molar-refractivity contribution in [2.45, 2.75) is 207 Å². The maximum atomic E-state index is 12.8. The minimum atomic E-state index is -1.40. The summed E-state index contributed by atoms with van der Waals surface area (Å²) in [4.78, 5) is 37.1. The van der Waals surface area contributed by atoms with Gasteiger partial charge in [0.1, 0.15) is 18.3 Å². The second kappa shape index (κ2) is 37.2. The standard InChI is InChI=1S/C39H77N2O7P.C17H17NO3/c1-11-14-16-18-19-20-21-23-25-27-37(42)47-36(26-24-22-17-15-12-2)28-30-44-31-35(40-38(43)48-39(8,9)10)32-46-49(45-29-13-3)41(33(4)5)34(6)7;19-10-9-18-17(20)21-11-16-14-7-3-1-5-12(14)13-6-2-4-8-15(13)16/h13,33-36H,3,11-12,14-32H2,1-2,4-10H3,(H,40,43);1-8,16,19H,9-11H2,(H,18,20)/t35-,36-,49?;/m1./s1. The molecule has 2 aromatic carbocycles. The Bertz CT molecular complexity index is 1670. The van der Waals surface area contributed by atoms with E-state index in [1.54, 1.807) is 6.08 Å². The number of fused-ring (bicyclic) bond motifs is 3. The van der Waals surface area contributed by atoms with Crippen LogP contribution in [0.3, 0.4) is 0 Å². The quantitative estimate of drug-likeness (QED) is 0.0196. The Morgan fingerprint density at radius 1 is 0.757 bits per heavy atom. The van der Waals surface area contributed by atoms with Crippen molar-refractivity contribution in [3.05, 3.63) is 72.3 Å². The van der Waals surface area contributed by atoms with Crippen molar-refractivity contribution >= 4 is 26.7 Å². The number of unbranched alkanes of at least 4 members (excludes halogenated alkanes) is 12. The number of carbonyl (C=O) groups is 3. The van der Waals surface area contributed by atoms with Gasteiger partial charge >= 0.3 is 18.2 Å². The lowest BCUT2D eigenvalue weighted by molar-refractivity contribution is -0.150. The molecule has 0 aliphatic heterocycles. The number of nitrogens with one attached hydrogen (secondary N) is 2. The second-order valence-electron chi connectivity index (χ2n) is 19.8. The zero-order chi connectivity index (χ0) is 51.6. The van der Waals surface area contributed by atoms with Crippen LogP contribution in [-0.4, -0.2) is 104 Å². The molecule has 70 heavy (non-hydrogen) atoms. The number of hydrogen-bond acceptors (Lipinski definition) is 11. The van der Waals surface area contributed by atoms with Crippen LogP contribution in [0.4, 0.5) is 9.59 Å². The summed E-state index contributed by atoms with van der Waals surface area (Å²) in [5.41, 5.74) is 4.15. The molecule has 3 rings (SSSR count). The third-order valence-corrected chi connectivity index (χ3v) is 13.7. The van der Waals surface area contributed by atoms with Crippen LogP contribution in [-0.2, 0) is 32.8 Å². The molecule has 0 aromatic heterocycles. The van der Waals surface area contributed by atoms with E-state index in [1.807, 2.05) is 45.0 Å². The monoisotopic (exact) mass is 1000 g/mol. The van der Waals surface area contributed by atoms with Crippen molar-refractivity contribution in [2.75, 3.05) is 46.2 Å². The average Bonchev–Trinajstić information content (AvgIpc) is 3.64. The van der Waals surface area contributed by atoms with Gasteiger partial charge in [-0.25, -0.2) is 14.3 Å². The summed E-state index contributed by atoms with van der Waals surface area (Å²) in [7, 11) is -1.40. The fourth-order valence-corrected chi connectivity index (χ4v) is 9.97. The van der Waals surface area contributed by atoms with Gasteiger partial charge < -0.3 is 43.7 Å². The van der Waals surface area contributed by atoms with Crippen molar-refractivity contribution in [3.63, 3.8) is 0 Å². The van der Waals surface area contributed by atoms with E-state index in [1.165, 1.54) is 86.5 Å². The summed E-state index contributed by atoms with van der Waals surface area (Å²) in [6.07, 6.45) is 19.2. The van der Waals surface area contributed by atoms with Crippen LogP contribution in [0.5, 0.6) is 0 Å². The number of aliphatic hydroxyl groups is 1. The number of ether oxygens (including phenoxy) is 4. The molecule has 398 valence electrons. The molecular weight excluding hydrogens is 906 g/mol. The van der Waals surface area contributed by atoms with Gasteiger partial charge in [-0.05, 0) is 90.0 Å². The number of amides is 2. The fraction of sp³-hybridized carbons (Fsp3) is 0.696. The van der Waals surface area contributed by atoms with Crippen molar-refractivity contribution in [1.82, 2.24) is 15.3 Å². The highest BCUT2D eigenvalue weighted by atomic mass is 31.2.